The first-order valence-corrected chi connectivity index (χ1v) is 5.57. The summed E-state index contributed by atoms with van der Waals surface area (Å²) in [6, 6.07) is 10.8. The highest BCUT2D eigenvalue weighted by atomic mass is 16.6. The summed E-state index contributed by atoms with van der Waals surface area (Å²) in [5, 5.41) is 28.5. The van der Waals surface area contributed by atoms with Crippen molar-refractivity contribution in [2.24, 2.45) is 0 Å². The lowest BCUT2D eigenvalue weighted by atomic mass is 10.2. The quantitative estimate of drug-likeness (QED) is 0.673. The molecule has 0 aliphatic heterocycles. The number of pyridine rings is 1. The number of aliphatic hydroxyl groups excluding tert-OH is 1. The highest BCUT2D eigenvalue weighted by molar-refractivity contribution is 5.45. The summed E-state index contributed by atoms with van der Waals surface area (Å²) in [5.74, 6) is 0.490. The van der Waals surface area contributed by atoms with E-state index in [4.69, 9.17) is 15.1 Å². The van der Waals surface area contributed by atoms with Crippen LogP contribution in [0.2, 0.25) is 0 Å². The van der Waals surface area contributed by atoms with Crippen LogP contribution in [-0.4, -0.2) is 15.0 Å². The van der Waals surface area contributed by atoms with Crippen LogP contribution in [0.25, 0.3) is 0 Å². The third-order valence-electron chi connectivity index (χ3n) is 2.45. The van der Waals surface area contributed by atoms with Crippen molar-refractivity contribution in [1.29, 1.82) is 5.26 Å². The number of aliphatic hydroxyl groups is 1. The average Bonchev–Trinajstić information content (AvgIpc) is 2.47. The topological polar surface area (TPSA) is 109 Å². The molecule has 7 nitrogen and oxygen atoms in total. The van der Waals surface area contributed by atoms with Gasteiger partial charge in [0.05, 0.1) is 11.5 Å². The Bertz CT molecular complexity index is 694. The number of nitrogens with zero attached hydrogens (tertiary/aromatic N) is 3. The summed E-state index contributed by atoms with van der Waals surface area (Å²) < 4.78 is 5.40. The first kappa shape index (κ1) is 13.5. The number of ether oxygens (including phenoxy) is 1. The number of hydrogen-bond acceptors (Lipinski definition) is 6. The molecule has 1 aromatic heterocycles. The van der Waals surface area contributed by atoms with Gasteiger partial charge in [-0.15, -0.1) is 0 Å². The van der Waals surface area contributed by atoms with Gasteiger partial charge in [0.25, 0.3) is 0 Å². The van der Waals surface area contributed by atoms with Crippen LogP contribution in [0, 0.1) is 21.4 Å². The fraction of sp³-hybridized carbons (Fsp3) is 0.0769. The molecule has 0 bridgehead atoms. The fourth-order valence-corrected chi connectivity index (χ4v) is 1.55. The predicted molar refractivity (Wildman–Crippen MR) is 68.0 cm³/mol. The first-order chi connectivity index (χ1) is 9.63. The lowest BCUT2D eigenvalue weighted by Crippen LogP contribution is -1.97. The van der Waals surface area contributed by atoms with E-state index >= 15 is 0 Å². The van der Waals surface area contributed by atoms with Crippen molar-refractivity contribution < 1.29 is 14.8 Å². The van der Waals surface area contributed by atoms with E-state index in [0.29, 0.717) is 11.3 Å². The molecule has 2 aromatic rings. The van der Waals surface area contributed by atoms with Gasteiger partial charge in [-0.2, -0.15) is 10.2 Å². The van der Waals surface area contributed by atoms with Crippen LogP contribution >= 0.6 is 0 Å². The summed E-state index contributed by atoms with van der Waals surface area (Å²) in [6.07, 6.45) is 0. The standard InChI is InChI=1S/C13H9N3O4/c14-7-11-12(16(18)19)4-5-13(15-11)20-10-3-1-2-9(6-10)8-17/h1-6,17H,8H2. The monoisotopic (exact) mass is 271 g/mol. The molecule has 1 aromatic carbocycles. The Kier molecular flexibility index (Phi) is 3.88. The van der Waals surface area contributed by atoms with Crippen LogP contribution in [0.15, 0.2) is 36.4 Å². The Hall–Kier alpha value is -2.98. The number of aromatic nitrogens is 1. The lowest BCUT2D eigenvalue weighted by molar-refractivity contribution is -0.385. The zero-order chi connectivity index (χ0) is 14.5. The van der Waals surface area contributed by atoms with Gasteiger partial charge >= 0.3 is 5.69 Å². The molecular weight excluding hydrogens is 262 g/mol. The van der Waals surface area contributed by atoms with Gasteiger partial charge in [0.1, 0.15) is 11.8 Å². The zero-order valence-corrected chi connectivity index (χ0v) is 10.2. The maximum Gasteiger partial charge on any atom is 0.305 e. The Morgan fingerprint density at radius 1 is 1.40 bits per heavy atom. The molecule has 0 spiro atoms. The summed E-state index contributed by atoms with van der Waals surface area (Å²) in [4.78, 5) is 13.8. The van der Waals surface area contributed by atoms with Crippen LogP contribution < -0.4 is 4.74 Å². The number of nitro groups is 1. The molecule has 0 amide bonds. The third-order valence-corrected chi connectivity index (χ3v) is 2.45. The fourth-order valence-electron chi connectivity index (χ4n) is 1.55. The average molecular weight is 271 g/mol. The van der Waals surface area contributed by atoms with Crippen molar-refractivity contribution in [3.8, 4) is 17.7 Å². The molecule has 1 N–H and O–H groups in total. The Morgan fingerprint density at radius 2 is 2.20 bits per heavy atom. The maximum absolute atomic E-state index is 10.7. The Morgan fingerprint density at radius 3 is 2.85 bits per heavy atom. The van der Waals surface area contributed by atoms with Crippen LogP contribution in [0.4, 0.5) is 5.69 Å². The van der Waals surface area contributed by atoms with Crippen molar-refractivity contribution in [2.75, 3.05) is 0 Å². The Labute approximate surface area is 113 Å². The van der Waals surface area contributed by atoms with E-state index in [9.17, 15) is 10.1 Å². The molecule has 0 fully saturated rings. The van der Waals surface area contributed by atoms with E-state index in [0.717, 1.165) is 6.07 Å². The van der Waals surface area contributed by atoms with E-state index in [-0.39, 0.29) is 23.9 Å². The van der Waals surface area contributed by atoms with Gasteiger partial charge in [-0.1, -0.05) is 12.1 Å². The van der Waals surface area contributed by atoms with Crippen LogP contribution in [0.1, 0.15) is 11.3 Å². The van der Waals surface area contributed by atoms with E-state index in [1.54, 1.807) is 30.3 Å². The van der Waals surface area contributed by atoms with E-state index in [1.807, 2.05) is 0 Å². The van der Waals surface area contributed by atoms with Crippen LogP contribution in [0.5, 0.6) is 11.6 Å². The summed E-state index contributed by atoms with van der Waals surface area (Å²) in [5.41, 5.74) is -0.0281. The number of hydrogen-bond donors (Lipinski definition) is 1. The molecule has 0 saturated carbocycles. The SMILES string of the molecule is N#Cc1nc(Oc2cccc(CO)c2)ccc1[N+](=O)[O-]. The first-order valence-electron chi connectivity index (χ1n) is 5.57. The number of nitriles is 1. The van der Waals surface area contributed by atoms with Crippen molar-refractivity contribution in [1.82, 2.24) is 4.98 Å². The molecule has 0 radical (unpaired) electrons. The molecule has 2 rings (SSSR count). The van der Waals surface area contributed by atoms with Crippen molar-refractivity contribution >= 4 is 5.69 Å². The molecular formula is C13H9N3O4. The van der Waals surface area contributed by atoms with Gasteiger partial charge in [-0.05, 0) is 17.7 Å². The lowest BCUT2D eigenvalue weighted by Gasteiger charge is -2.06. The van der Waals surface area contributed by atoms with Gasteiger partial charge in [0.15, 0.2) is 0 Å². The summed E-state index contributed by atoms with van der Waals surface area (Å²) in [6.45, 7) is -0.131. The smallest absolute Gasteiger partial charge is 0.305 e. The van der Waals surface area contributed by atoms with Crippen LogP contribution in [0.3, 0.4) is 0 Å². The van der Waals surface area contributed by atoms with Gasteiger partial charge < -0.3 is 9.84 Å². The summed E-state index contributed by atoms with van der Waals surface area (Å²) in [7, 11) is 0. The minimum absolute atomic E-state index is 0.0715. The molecule has 0 aliphatic rings. The molecule has 0 unspecified atom stereocenters. The van der Waals surface area contributed by atoms with Crippen molar-refractivity contribution in [3.05, 3.63) is 57.8 Å². The Balaban J connectivity index is 2.30. The molecule has 0 aliphatic carbocycles. The highest BCUT2D eigenvalue weighted by Gasteiger charge is 2.16. The zero-order valence-electron chi connectivity index (χ0n) is 10.2. The second-order valence-electron chi connectivity index (χ2n) is 3.79. The number of rotatable bonds is 4. The van der Waals surface area contributed by atoms with Gasteiger partial charge in [0, 0.05) is 12.1 Å². The molecule has 1 heterocycles. The van der Waals surface area contributed by atoms with Gasteiger partial charge in [0.2, 0.25) is 11.6 Å². The summed E-state index contributed by atoms with van der Waals surface area (Å²) >= 11 is 0. The highest BCUT2D eigenvalue weighted by Crippen LogP contribution is 2.24. The maximum atomic E-state index is 10.7. The molecule has 20 heavy (non-hydrogen) atoms. The van der Waals surface area contributed by atoms with Crippen LogP contribution in [-0.2, 0) is 6.61 Å². The second kappa shape index (κ2) is 5.77. The minimum atomic E-state index is -0.679. The van der Waals surface area contributed by atoms with E-state index in [2.05, 4.69) is 4.98 Å². The van der Waals surface area contributed by atoms with E-state index in [1.165, 1.54) is 6.07 Å². The van der Waals surface area contributed by atoms with Gasteiger partial charge in [-0.3, -0.25) is 10.1 Å². The minimum Gasteiger partial charge on any atom is -0.439 e. The third kappa shape index (κ3) is 2.88. The van der Waals surface area contributed by atoms with Crippen molar-refractivity contribution in [3.63, 3.8) is 0 Å². The van der Waals surface area contributed by atoms with Crippen molar-refractivity contribution in [2.45, 2.75) is 6.61 Å². The largest absolute Gasteiger partial charge is 0.439 e. The predicted octanol–water partition coefficient (Wildman–Crippen LogP) is 2.15. The molecule has 100 valence electrons. The normalized spacial score (nSPS) is 9.80. The molecule has 0 atom stereocenters. The number of benzene rings is 1. The molecule has 0 saturated heterocycles. The van der Waals surface area contributed by atoms with E-state index < -0.39 is 4.92 Å². The molecule has 7 heteroatoms. The second-order valence-corrected chi connectivity index (χ2v) is 3.79. The van der Waals surface area contributed by atoms with Gasteiger partial charge in [-0.25, -0.2) is 0 Å².